The average Bonchev–Trinajstić information content (AvgIpc) is 2.85. The first-order valence-electron chi connectivity index (χ1n) is 6.90. The first-order chi connectivity index (χ1) is 9.70. The van der Waals surface area contributed by atoms with E-state index in [1.54, 1.807) is 27.7 Å². The molecule has 1 saturated heterocycles. The number of aryl methyl sites for hydroxylation is 1. The van der Waals surface area contributed by atoms with E-state index in [9.17, 15) is 14.4 Å². The van der Waals surface area contributed by atoms with E-state index in [0.717, 1.165) is 6.42 Å². The molecular formula is C14H20N2O5. The Morgan fingerprint density at radius 1 is 1.38 bits per heavy atom. The third-order valence-corrected chi connectivity index (χ3v) is 3.08. The molecule has 0 N–H and O–H groups in total. The number of hydrogen-bond donors (Lipinski definition) is 0. The highest BCUT2D eigenvalue weighted by atomic mass is 16.6. The molecule has 116 valence electrons. The van der Waals surface area contributed by atoms with Gasteiger partial charge >= 0.3 is 11.8 Å². The summed E-state index contributed by atoms with van der Waals surface area (Å²) in [6.45, 7) is 7.12. The number of carbonyl (C=O) groups is 1. The molecule has 0 aliphatic carbocycles. The summed E-state index contributed by atoms with van der Waals surface area (Å²) < 4.78 is 12.4. The van der Waals surface area contributed by atoms with Crippen molar-refractivity contribution in [2.24, 2.45) is 0 Å². The summed E-state index contributed by atoms with van der Waals surface area (Å²) in [6.07, 6.45) is 1.54. The Morgan fingerprint density at radius 3 is 2.57 bits per heavy atom. The molecule has 21 heavy (non-hydrogen) atoms. The number of hydrogen-bond acceptors (Lipinski definition) is 5. The van der Waals surface area contributed by atoms with Crippen LogP contribution >= 0.6 is 0 Å². The third kappa shape index (κ3) is 3.24. The molecule has 1 aromatic rings. The van der Waals surface area contributed by atoms with Crippen molar-refractivity contribution in [3.63, 3.8) is 0 Å². The summed E-state index contributed by atoms with van der Waals surface area (Å²) >= 11 is 0. The van der Waals surface area contributed by atoms with Crippen molar-refractivity contribution in [3.05, 3.63) is 32.6 Å². The van der Waals surface area contributed by atoms with E-state index in [1.807, 2.05) is 0 Å². The molecule has 0 bridgehead atoms. The van der Waals surface area contributed by atoms with Crippen molar-refractivity contribution in [3.8, 4) is 0 Å². The fourth-order valence-corrected chi connectivity index (χ4v) is 2.15. The zero-order valence-corrected chi connectivity index (χ0v) is 12.7. The lowest BCUT2D eigenvalue weighted by Gasteiger charge is -2.21. The minimum atomic E-state index is -0.965. The van der Waals surface area contributed by atoms with Gasteiger partial charge in [0.2, 0.25) is 0 Å². The summed E-state index contributed by atoms with van der Waals surface area (Å²) in [7, 11) is 0. The Labute approximate surface area is 122 Å². The van der Waals surface area contributed by atoms with Crippen LogP contribution in [0, 0.1) is 6.92 Å². The lowest BCUT2D eigenvalue weighted by atomic mass is 10.2. The van der Waals surface area contributed by atoms with E-state index in [4.69, 9.17) is 9.47 Å². The first kappa shape index (κ1) is 15.5. The Balaban J connectivity index is 2.52. The van der Waals surface area contributed by atoms with Crippen LogP contribution in [0.5, 0.6) is 0 Å². The normalized spacial score (nSPS) is 18.8. The number of aromatic nitrogens is 2. The van der Waals surface area contributed by atoms with E-state index >= 15 is 0 Å². The van der Waals surface area contributed by atoms with Crippen LogP contribution in [0.3, 0.4) is 0 Å². The van der Waals surface area contributed by atoms with Crippen LogP contribution in [0.2, 0.25) is 0 Å². The van der Waals surface area contributed by atoms with Gasteiger partial charge in [0.1, 0.15) is 11.8 Å². The summed E-state index contributed by atoms with van der Waals surface area (Å²) in [5.41, 5.74) is -1.90. The molecule has 0 saturated carbocycles. The Hall–Kier alpha value is -1.89. The van der Waals surface area contributed by atoms with Gasteiger partial charge in [-0.05, 0) is 40.5 Å². The second-order valence-electron chi connectivity index (χ2n) is 6.09. The van der Waals surface area contributed by atoms with Gasteiger partial charge in [-0.3, -0.25) is 9.36 Å². The maximum atomic E-state index is 12.4. The number of ether oxygens (including phenoxy) is 2. The van der Waals surface area contributed by atoms with Gasteiger partial charge in [0, 0.05) is 18.4 Å². The predicted octanol–water partition coefficient (Wildman–Crippen LogP) is 1.41. The molecule has 2 heterocycles. The minimum absolute atomic E-state index is 0.288. The van der Waals surface area contributed by atoms with Gasteiger partial charge in [-0.1, -0.05) is 0 Å². The molecule has 0 amide bonds. The molecule has 7 heteroatoms. The molecule has 0 radical (unpaired) electrons. The fourth-order valence-electron chi connectivity index (χ4n) is 2.15. The molecule has 2 rings (SSSR count). The van der Waals surface area contributed by atoms with Crippen LogP contribution in [-0.4, -0.2) is 27.4 Å². The highest BCUT2D eigenvalue weighted by molar-refractivity contribution is 5.70. The molecule has 1 unspecified atom stereocenters. The van der Waals surface area contributed by atoms with Crippen LogP contribution in [0.1, 0.15) is 45.4 Å². The molecule has 1 aliphatic rings. The van der Waals surface area contributed by atoms with Crippen LogP contribution in [0.25, 0.3) is 0 Å². The summed E-state index contributed by atoms with van der Waals surface area (Å²) in [5.74, 6) is 0. The van der Waals surface area contributed by atoms with E-state index in [-0.39, 0.29) is 5.56 Å². The number of nitrogens with zero attached hydrogens (tertiary/aromatic N) is 2. The van der Waals surface area contributed by atoms with E-state index in [1.165, 1.54) is 10.8 Å². The molecule has 1 aliphatic heterocycles. The number of rotatable bonds is 1. The van der Waals surface area contributed by atoms with Gasteiger partial charge in [-0.2, -0.15) is 4.57 Å². The standard InChI is InChI=1S/C14H20N2O5/c1-9-8-15(10-6-5-7-20-10)12(18)16(11(9)17)13(19)21-14(2,3)4/h8,10H,5-7H2,1-4H3. The van der Waals surface area contributed by atoms with E-state index in [0.29, 0.717) is 17.6 Å². The van der Waals surface area contributed by atoms with Gasteiger partial charge in [0.05, 0.1) is 0 Å². The Bertz CT molecular complexity index is 659. The minimum Gasteiger partial charge on any atom is -0.443 e. The Morgan fingerprint density at radius 2 is 2.05 bits per heavy atom. The maximum absolute atomic E-state index is 12.4. The van der Waals surface area contributed by atoms with Gasteiger partial charge in [-0.25, -0.2) is 9.59 Å². The second kappa shape index (κ2) is 5.48. The highest BCUT2D eigenvalue weighted by Gasteiger charge is 2.26. The van der Waals surface area contributed by atoms with Crippen molar-refractivity contribution in [1.82, 2.24) is 9.13 Å². The lowest BCUT2D eigenvalue weighted by molar-refractivity contribution is 0.0432. The van der Waals surface area contributed by atoms with Crippen LogP contribution in [0.4, 0.5) is 4.79 Å². The molecule has 1 atom stereocenters. The monoisotopic (exact) mass is 296 g/mol. The first-order valence-corrected chi connectivity index (χ1v) is 6.90. The third-order valence-electron chi connectivity index (χ3n) is 3.08. The van der Waals surface area contributed by atoms with Gasteiger partial charge < -0.3 is 9.47 Å². The number of carbonyl (C=O) groups excluding carboxylic acids is 1. The molecular weight excluding hydrogens is 276 g/mol. The van der Waals surface area contributed by atoms with Crippen LogP contribution in [-0.2, 0) is 9.47 Å². The summed E-state index contributed by atoms with van der Waals surface area (Å²) in [5, 5.41) is 0. The SMILES string of the molecule is Cc1cn(C2CCCO2)c(=O)n(C(=O)OC(C)(C)C)c1=O. The van der Waals surface area contributed by atoms with E-state index < -0.39 is 29.2 Å². The molecule has 1 fully saturated rings. The zero-order chi connectivity index (χ0) is 15.8. The summed E-state index contributed by atoms with van der Waals surface area (Å²) in [6, 6.07) is 0. The van der Waals surface area contributed by atoms with Crippen molar-refractivity contribution < 1.29 is 14.3 Å². The van der Waals surface area contributed by atoms with Crippen molar-refractivity contribution in [1.29, 1.82) is 0 Å². The Kier molecular flexibility index (Phi) is 4.04. The maximum Gasteiger partial charge on any atom is 0.425 e. The fraction of sp³-hybridized carbons (Fsp3) is 0.643. The van der Waals surface area contributed by atoms with Crippen LogP contribution in [0.15, 0.2) is 15.8 Å². The van der Waals surface area contributed by atoms with Gasteiger partial charge in [0.25, 0.3) is 5.56 Å². The smallest absolute Gasteiger partial charge is 0.425 e. The predicted molar refractivity (Wildman–Crippen MR) is 75.6 cm³/mol. The molecule has 0 spiro atoms. The van der Waals surface area contributed by atoms with Gasteiger partial charge in [0.15, 0.2) is 0 Å². The van der Waals surface area contributed by atoms with Crippen molar-refractivity contribution in [2.75, 3.05) is 6.61 Å². The largest absolute Gasteiger partial charge is 0.443 e. The molecule has 7 nitrogen and oxygen atoms in total. The van der Waals surface area contributed by atoms with Gasteiger partial charge in [-0.15, -0.1) is 0 Å². The molecule has 1 aromatic heterocycles. The molecule has 0 aromatic carbocycles. The highest BCUT2D eigenvalue weighted by Crippen LogP contribution is 2.20. The summed E-state index contributed by atoms with van der Waals surface area (Å²) in [4.78, 5) is 36.6. The zero-order valence-electron chi connectivity index (χ0n) is 12.7. The topological polar surface area (TPSA) is 79.5 Å². The van der Waals surface area contributed by atoms with Crippen molar-refractivity contribution >= 4 is 6.09 Å². The van der Waals surface area contributed by atoms with Crippen LogP contribution < -0.4 is 11.2 Å². The quantitative estimate of drug-likeness (QED) is 0.783. The lowest BCUT2D eigenvalue weighted by Crippen LogP contribution is -2.47. The second-order valence-corrected chi connectivity index (χ2v) is 6.09. The average molecular weight is 296 g/mol. The van der Waals surface area contributed by atoms with Crippen molar-refractivity contribution in [2.45, 2.75) is 52.4 Å². The van der Waals surface area contributed by atoms with E-state index in [2.05, 4.69) is 0 Å².